The van der Waals surface area contributed by atoms with Gasteiger partial charge in [-0.3, -0.25) is 0 Å². The van der Waals surface area contributed by atoms with Crippen molar-refractivity contribution in [2.75, 3.05) is 0 Å². The summed E-state index contributed by atoms with van der Waals surface area (Å²) in [5, 5.41) is 0. The molecule has 0 fully saturated rings. The van der Waals surface area contributed by atoms with E-state index in [1.807, 2.05) is 0 Å². The minimum Gasteiger partial charge on any atom is -0.361 e. The van der Waals surface area contributed by atoms with E-state index in [9.17, 15) is 0 Å². The minimum absolute atomic E-state index is 0.276. The van der Waals surface area contributed by atoms with Gasteiger partial charge in [0, 0.05) is 52.0 Å². The van der Waals surface area contributed by atoms with Crippen LogP contribution in [-0.4, -0.2) is 29.1 Å². The zero-order valence-corrected chi connectivity index (χ0v) is 27.0. The van der Waals surface area contributed by atoms with E-state index < -0.39 is 16.2 Å². The summed E-state index contributed by atoms with van der Waals surface area (Å²) in [6.45, 7) is 18.1. The van der Waals surface area contributed by atoms with Crippen LogP contribution >= 0.6 is 0 Å². The van der Waals surface area contributed by atoms with Crippen LogP contribution in [0.25, 0.3) is 11.4 Å². The van der Waals surface area contributed by atoms with Gasteiger partial charge in [0.15, 0.2) is 0 Å². The van der Waals surface area contributed by atoms with Gasteiger partial charge in [0.2, 0.25) is 0 Å². The van der Waals surface area contributed by atoms with Gasteiger partial charge in [0.05, 0.1) is 27.6 Å². The van der Waals surface area contributed by atoms with Gasteiger partial charge in [-0.2, -0.15) is 0 Å². The van der Waals surface area contributed by atoms with Gasteiger partial charge in [0.25, 0.3) is 0 Å². The van der Waals surface area contributed by atoms with Gasteiger partial charge in [0.1, 0.15) is 11.6 Å². The Bertz CT molecular complexity index is 1820. The Labute approximate surface area is 260 Å². The van der Waals surface area contributed by atoms with Crippen molar-refractivity contribution in [3.05, 3.63) is 143 Å². The highest BCUT2D eigenvalue weighted by atomic mass is 15.1. The lowest BCUT2D eigenvalue weighted by Crippen LogP contribution is -2.27. The van der Waals surface area contributed by atoms with E-state index in [-0.39, 0.29) is 5.41 Å². The predicted octanol–water partition coefficient (Wildman–Crippen LogP) is 8.33. The van der Waals surface area contributed by atoms with Crippen molar-refractivity contribution in [3.63, 3.8) is 0 Å². The highest BCUT2D eigenvalue weighted by Gasteiger charge is 2.40. The first-order valence-electron chi connectivity index (χ1n) is 15.5. The first kappa shape index (κ1) is 28.2. The van der Waals surface area contributed by atoms with Crippen LogP contribution in [0.15, 0.2) is 97.3 Å². The van der Waals surface area contributed by atoms with E-state index >= 15 is 0 Å². The molecule has 2 N–H and O–H groups in total. The van der Waals surface area contributed by atoms with Crippen molar-refractivity contribution in [1.82, 2.24) is 29.1 Å². The van der Waals surface area contributed by atoms with Gasteiger partial charge in [-0.05, 0) is 104 Å². The molecule has 5 heterocycles. The first-order valence-corrected chi connectivity index (χ1v) is 15.5. The molecule has 4 aromatic heterocycles. The summed E-state index contributed by atoms with van der Waals surface area (Å²) >= 11 is 0. The van der Waals surface area contributed by atoms with Crippen molar-refractivity contribution in [2.24, 2.45) is 0 Å². The zero-order chi connectivity index (χ0) is 31.1. The third-order valence-electron chi connectivity index (χ3n) is 9.94. The van der Waals surface area contributed by atoms with Gasteiger partial charge in [-0.1, -0.05) is 36.4 Å². The number of para-hydroxylation sites is 2. The molecule has 224 valence electrons. The molecular formula is C38H42N6. The van der Waals surface area contributed by atoms with Crippen LogP contribution in [-0.2, 0) is 21.7 Å². The van der Waals surface area contributed by atoms with Crippen LogP contribution in [0, 0.1) is 0 Å². The summed E-state index contributed by atoms with van der Waals surface area (Å²) in [6, 6.07) is 30.0. The molecule has 0 saturated heterocycles. The number of rotatable bonds is 2. The summed E-state index contributed by atoms with van der Waals surface area (Å²) in [5.74, 6) is 1.96. The average Bonchev–Trinajstić information content (AvgIpc) is 3.82. The Morgan fingerprint density at radius 2 is 0.773 bits per heavy atom. The number of fused-ring (bicyclic) bond motifs is 8. The SMILES string of the molecule is CC1(C)c2cn(-c3ccccc3)c(n2)C(C)(C)c2ccc([nH]2)C(C)(C)c2ccc([nH]2)C(C)(C)c2nc1cn2-c1ccccc1. The Morgan fingerprint density at radius 1 is 0.432 bits per heavy atom. The van der Waals surface area contributed by atoms with Crippen LogP contribution in [0.4, 0.5) is 0 Å². The molecule has 1 aliphatic rings. The molecule has 0 amide bonds. The molecule has 0 aliphatic carbocycles. The van der Waals surface area contributed by atoms with Crippen molar-refractivity contribution in [1.29, 1.82) is 0 Å². The maximum absolute atomic E-state index is 5.46. The lowest BCUT2D eigenvalue weighted by molar-refractivity contribution is 0.531. The largest absolute Gasteiger partial charge is 0.361 e. The first-order chi connectivity index (χ1) is 20.8. The second-order valence-electron chi connectivity index (χ2n) is 14.4. The fraction of sp³-hybridized carbons (Fsp3) is 0.316. The Morgan fingerprint density at radius 3 is 1.14 bits per heavy atom. The summed E-state index contributed by atoms with van der Waals surface area (Å²) in [7, 11) is 0. The molecule has 7 rings (SSSR count). The number of hydrogen-bond donors (Lipinski definition) is 2. The van der Waals surface area contributed by atoms with E-state index in [2.05, 4.69) is 172 Å². The predicted molar refractivity (Wildman–Crippen MR) is 177 cm³/mol. The van der Waals surface area contributed by atoms with Crippen LogP contribution in [0.1, 0.15) is 101 Å². The number of aromatic nitrogens is 6. The second-order valence-corrected chi connectivity index (χ2v) is 14.4. The molecule has 8 bridgehead atoms. The third kappa shape index (κ3) is 4.15. The maximum Gasteiger partial charge on any atom is 0.125 e. The molecule has 44 heavy (non-hydrogen) atoms. The number of nitrogens with one attached hydrogen (secondary N) is 2. The number of imidazole rings is 2. The third-order valence-corrected chi connectivity index (χ3v) is 9.94. The zero-order valence-electron chi connectivity index (χ0n) is 27.0. The monoisotopic (exact) mass is 582 g/mol. The lowest BCUT2D eigenvalue weighted by Gasteiger charge is -2.27. The number of H-pyrrole nitrogens is 2. The van der Waals surface area contributed by atoms with Gasteiger partial charge in [-0.15, -0.1) is 0 Å². The van der Waals surface area contributed by atoms with Gasteiger partial charge in [-0.25, -0.2) is 9.97 Å². The summed E-state index contributed by atoms with van der Waals surface area (Å²) in [5.41, 5.74) is 7.13. The Balaban J connectivity index is 1.54. The molecule has 2 aromatic carbocycles. The van der Waals surface area contributed by atoms with E-state index in [1.165, 1.54) is 0 Å². The normalized spacial score (nSPS) is 17.8. The van der Waals surface area contributed by atoms with Gasteiger partial charge < -0.3 is 19.1 Å². The van der Waals surface area contributed by atoms with Crippen LogP contribution < -0.4 is 0 Å². The lowest BCUT2D eigenvalue weighted by atomic mass is 9.85. The molecular weight excluding hydrogens is 540 g/mol. The van der Waals surface area contributed by atoms with Crippen LogP contribution in [0.3, 0.4) is 0 Å². The number of benzene rings is 2. The number of nitrogens with zero attached hydrogens (tertiary/aromatic N) is 4. The summed E-state index contributed by atoms with van der Waals surface area (Å²) in [6.07, 6.45) is 4.42. The fourth-order valence-corrected chi connectivity index (χ4v) is 6.58. The van der Waals surface area contributed by atoms with E-state index in [0.29, 0.717) is 0 Å². The molecule has 0 unspecified atom stereocenters. The summed E-state index contributed by atoms with van der Waals surface area (Å²) in [4.78, 5) is 18.6. The standard InChI is InChI=1S/C38H42N6/c1-35(2)27-19-21-29(39-27)37(5,6)33-41-31(23-43(33)25-15-11-9-12-16-25)36(3,4)32-24-44(26-17-13-10-14-18-26)34(42-32)38(7,8)30-22-20-28(35)40-30/h9-24,39-40H,1-8H3. The quantitative estimate of drug-likeness (QED) is 0.216. The maximum atomic E-state index is 5.46. The van der Waals surface area contributed by atoms with Crippen molar-refractivity contribution in [2.45, 2.75) is 77.0 Å². The molecule has 6 heteroatoms. The van der Waals surface area contributed by atoms with Crippen LogP contribution in [0.2, 0.25) is 0 Å². The topological polar surface area (TPSA) is 67.2 Å². The minimum atomic E-state index is -0.476. The summed E-state index contributed by atoms with van der Waals surface area (Å²) < 4.78 is 4.52. The Hall–Kier alpha value is -4.58. The molecule has 0 saturated carbocycles. The molecule has 0 atom stereocenters. The smallest absolute Gasteiger partial charge is 0.125 e. The van der Waals surface area contributed by atoms with E-state index in [1.54, 1.807) is 0 Å². The van der Waals surface area contributed by atoms with Crippen molar-refractivity contribution < 1.29 is 0 Å². The highest BCUT2D eigenvalue weighted by Crippen LogP contribution is 2.42. The van der Waals surface area contributed by atoms with Crippen LogP contribution in [0.5, 0.6) is 0 Å². The van der Waals surface area contributed by atoms with Crippen molar-refractivity contribution in [3.8, 4) is 11.4 Å². The van der Waals surface area contributed by atoms with Crippen molar-refractivity contribution >= 4 is 0 Å². The van der Waals surface area contributed by atoms with Gasteiger partial charge >= 0.3 is 0 Å². The Kier molecular flexibility index (Phi) is 6.06. The molecule has 0 radical (unpaired) electrons. The average molecular weight is 583 g/mol. The van der Waals surface area contributed by atoms with E-state index in [0.717, 1.165) is 57.2 Å². The molecule has 6 aromatic rings. The molecule has 1 aliphatic heterocycles. The molecule has 6 nitrogen and oxygen atoms in total. The second kappa shape index (κ2) is 9.46. The highest BCUT2D eigenvalue weighted by molar-refractivity contribution is 5.46. The van der Waals surface area contributed by atoms with E-state index in [4.69, 9.17) is 9.97 Å². The number of hydrogen-bond acceptors (Lipinski definition) is 2. The molecule has 0 spiro atoms. The number of aromatic amines is 2. The fourth-order valence-electron chi connectivity index (χ4n) is 6.58.